The molecule has 17 heavy (non-hydrogen) atoms. The zero-order valence-electron chi connectivity index (χ0n) is 11.3. The van der Waals surface area contributed by atoms with Gasteiger partial charge in [-0.3, -0.25) is 0 Å². The first-order valence-electron chi connectivity index (χ1n) is 6.56. The Morgan fingerprint density at radius 3 is 2.76 bits per heavy atom. The number of ether oxygens (including phenoxy) is 1. The van der Waals surface area contributed by atoms with Gasteiger partial charge in [0.25, 0.3) is 0 Å². The van der Waals surface area contributed by atoms with E-state index in [0.717, 1.165) is 31.2 Å². The lowest BCUT2D eigenvalue weighted by Crippen LogP contribution is -2.18. The van der Waals surface area contributed by atoms with Crippen LogP contribution in [0.15, 0.2) is 24.3 Å². The zero-order valence-corrected chi connectivity index (χ0v) is 11.3. The molecule has 0 aromatic heterocycles. The summed E-state index contributed by atoms with van der Waals surface area (Å²) >= 11 is 0. The van der Waals surface area contributed by atoms with Crippen molar-refractivity contribution in [3.63, 3.8) is 0 Å². The minimum absolute atomic E-state index is 0.815. The summed E-state index contributed by atoms with van der Waals surface area (Å²) in [4.78, 5) is 0. The van der Waals surface area contributed by atoms with E-state index in [1.807, 2.05) is 12.1 Å². The van der Waals surface area contributed by atoms with Gasteiger partial charge in [-0.15, -0.1) is 0 Å². The van der Waals surface area contributed by atoms with Gasteiger partial charge < -0.3 is 10.1 Å². The Labute approximate surface area is 105 Å². The molecule has 0 saturated heterocycles. The van der Waals surface area contributed by atoms with Gasteiger partial charge in [-0.1, -0.05) is 26.0 Å². The molecule has 0 radical (unpaired) electrons. The van der Waals surface area contributed by atoms with Crippen molar-refractivity contribution in [2.75, 3.05) is 20.2 Å². The Morgan fingerprint density at radius 2 is 2.06 bits per heavy atom. The molecule has 0 bridgehead atoms. The van der Waals surface area contributed by atoms with Crippen molar-refractivity contribution in [3.8, 4) is 5.75 Å². The van der Waals surface area contributed by atoms with Crippen LogP contribution >= 0.6 is 0 Å². The molecule has 1 aromatic rings. The largest absolute Gasteiger partial charge is 0.497 e. The number of hydrogen-bond acceptors (Lipinski definition) is 2. The highest BCUT2D eigenvalue weighted by atomic mass is 16.5. The third-order valence-electron chi connectivity index (χ3n) is 2.86. The van der Waals surface area contributed by atoms with Gasteiger partial charge in [-0.2, -0.15) is 0 Å². The normalized spacial score (nSPS) is 10.8. The molecule has 1 N–H and O–H groups in total. The summed E-state index contributed by atoms with van der Waals surface area (Å²) in [6.45, 7) is 6.72. The minimum atomic E-state index is 0.815. The van der Waals surface area contributed by atoms with Gasteiger partial charge in [-0.25, -0.2) is 0 Å². The molecule has 0 atom stereocenters. The highest BCUT2D eigenvalue weighted by Crippen LogP contribution is 2.12. The summed E-state index contributed by atoms with van der Waals surface area (Å²) < 4.78 is 5.21. The molecule has 0 aliphatic heterocycles. The van der Waals surface area contributed by atoms with Crippen molar-refractivity contribution in [3.05, 3.63) is 29.8 Å². The molecule has 0 fully saturated rings. The zero-order chi connectivity index (χ0) is 12.5. The van der Waals surface area contributed by atoms with Gasteiger partial charge >= 0.3 is 0 Å². The number of nitrogens with one attached hydrogen (secondary N) is 1. The smallest absolute Gasteiger partial charge is 0.119 e. The number of benzene rings is 1. The van der Waals surface area contributed by atoms with Crippen LogP contribution in [0.5, 0.6) is 5.75 Å². The Morgan fingerprint density at radius 1 is 1.24 bits per heavy atom. The molecule has 96 valence electrons. The van der Waals surface area contributed by atoms with Crippen LogP contribution in [0.2, 0.25) is 0 Å². The van der Waals surface area contributed by atoms with Crippen LogP contribution in [-0.2, 0) is 6.42 Å². The standard InChI is InChI=1S/C15H25NO/c1-13(2)6-5-10-16-11-9-14-7-4-8-15(12-14)17-3/h4,7-8,12-13,16H,5-6,9-11H2,1-3H3. The predicted octanol–water partition coefficient (Wildman–Crippen LogP) is 3.26. The second-order valence-electron chi connectivity index (χ2n) is 4.89. The van der Waals surface area contributed by atoms with Crippen molar-refractivity contribution < 1.29 is 4.74 Å². The highest BCUT2D eigenvalue weighted by Gasteiger charge is 1.96. The monoisotopic (exact) mass is 235 g/mol. The fraction of sp³-hybridized carbons (Fsp3) is 0.600. The Balaban J connectivity index is 2.13. The molecule has 2 heteroatoms. The molecule has 0 unspecified atom stereocenters. The fourth-order valence-electron chi connectivity index (χ4n) is 1.82. The lowest BCUT2D eigenvalue weighted by molar-refractivity contribution is 0.414. The first-order valence-corrected chi connectivity index (χ1v) is 6.56. The Bertz CT molecular complexity index is 310. The van der Waals surface area contributed by atoms with Crippen LogP contribution in [0.25, 0.3) is 0 Å². The second-order valence-corrected chi connectivity index (χ2v) is 4.89. The van der Waals surface area contributed by atoms with E-state index in [0.29, 0.717) is 0 Å². The van der Waals surface area contributed by atoms with Crippen LogP contribution in [-0.4, -0.2) is 20.2 Å². The summed E-state index contributed by atoms with van der Waals surface area (Å²) in [7, 11) is 1.71. The van der Waals surface area contributed by atoms with E-state index >= 15 is 0 Å². The Hall–Kier alpha value is -1.02. The first kappa shape index (κ1) is 14.0. The van der Waals surface area contributed by atoms with E-state index in [-0.39, 0.29) is 0 Å². The molecule has 0 spiro atoms. The van der Waals surface area contributed by atoms with Crippen LogP contribution in [0.4, 0.5) is 0 Å². The van der Waals surface area contributed by atoms with E-state index in [1.165, 1.54) is 18.4 Å². The van der Waals surface area contributed by atoms with Crippen molar-refractivity contribution >= 4 is 0 Å². The third-order valence-corrected chi connectivity index (χ3v) is 2.86. The summed E-state index contributed by atoms with van der Waals surface area (Å²) in [5.41, 5.74) is 1.33. The molecular weight excluding hydrogens is 210 g/mol. The maximum Gasteiger partial charge on any atom is 0.119 e. The minimum Gasteiger partial charge on any atom is -0.497 e. The van der Waals surface area contributed by atoms with Gasteiger partial charge in [0, 0.05) is 0 Å². The maximum atomic E-state index is 5.21. The van der Waals surface area contributed by atoms with E-state index in [9.17, 15) is 0 Å². The quantitative estimate of drug-likeness (QED) is 0.698. The van der Waals surface area contributed by atoms with Crippen LogP contribution in [0.3, 0.4) is 0 Å². The third kappa shape index (κ3) is 6.32. The fourth-order valence-corrected chi connectivity index (χ4v) is 1.82. The molecule has 1 aromatic carbocycles. The maximum absolute atomic E-state index is 5.21. The molecule has 0 aliphatic rings. The van der Waals surface area contributed by atoms with E-state index < -0.39 is 0 Å². The number of methoxy groups -OCH3 is 1. The van der Waals surface area contributed by atoms with Crippen LogP contribution in [0.1, 0.15) is 32.3 Å². The summed E-state index contributed by atoms with van der Waals surface area (Å²) in [5.74, 6) is 1.76. The average molecular weight is 235 g/mol. The van der Waals surface area contributed by atoms with Gasteiger partial charge in [0.2, 0.25) is 0 Å². The lowest BCUT2D eigenvalue weighted by atomic mass is 10.1. The summed E-state index contributed by atoms with van der Waals surface area (Å²) in [6, 6.07) is 8.29. The number of rotatable bonds is 8. The average Bonchev–Trinajstić information content (AvgIpc) is 2.33. The highest BCUT2D eigenvalue weighted by molar-refractivity contribution is 5.28. The predicted molar refractivity (Wildman–Crippen MR) is 73.6 cm³/mol. The summed E-state index contributed by atoms with van der Waals surface area (Å²) in [5, 5.41) is 3.49. The van der Waals surface area contributed by atoms with Crippen molar-refractivity contribution in [1.82, 2.24) is 5.32 Å². The van der Waals surface area contributed by atoms with E-state index in [4.69, 9.17) is 4.74 Å². The molecule has 0 heterocycles. The van der Waals surface area contributed by atoms with Crippen LogP contribution in [0, 0.1) is 5.92 Å². The van der Waals surface area contributed by atoms with Gasteiger partial charge in [0.05, 0.1) is 7.11 Å². The molecular formula is C15H25NO. The van der Waals surface area contributed by atoms with Crippen molar-refractivity contribution in [2.24, 2.45) is 5.92 Å². The topological polar surface area (TPSA) is 21.3 Å². The van der Waals surface area contributed by atoms with Gasteiger partial charge in [0.1, 0.15) is 5.75 Å². The molecule has 1 rings (SSSR count). The molecule has 0 saturated carbocycles. The SMILES string of the molecule is COc1cccc(CCNCCCC(C)C)c1. The van der Waals surface area contributed by atoms with Gasteiger partial charge in [0.15, 0.2) is 0 Å². The Kier molecular flexibility index (Phi) is 6.71. The van der Waals surface area contributed by atoms with Crippen molar-refractivity contribution in [2.45, 2.75) is 33.1 Å². The molecule has 0 amide bonds. The van der Waals surface area contributed by atoms with Gasteiger partial charge in [-0.05, 0) is 56.0 Å². The van der Waals surface area contributed by atoms with E-state index in [1.54, 1.807) is 7.11 Å². The second kappa shape index (κ2) is 8.13. The molecule has 2 nitrogen and oxygen atoms in total. The first-order chi connectivity index (χ1) is 8.22. The van der Waals surface area contributed by atoms with Crippen molar-refractivity contribution in [1.29, 1.82) is 0 Å². The lowest BCUT2D eigenvalue weighted by Gasteiger charge is -2.07. The van der Waals surface area contributed by atoms with Crippen LogP contribution < -0.4 is 10.1 Å². The molecule has 0 aliphatic carbocycles. The summed E-state index contributed by atoms with van der Waals surface area (Å²) in [6.07, 6.45) is 3.65. The van der Waals surface area contributed by atoms with E-state index in [2.05, 4.69) is 31.3 Å². The number of hydrogen-bond donors (Lipinski definition) is 1.